The first-order chi connectivity index (χ1) is 12.5. The lowest BCUT2D eigenvalue weighted by Gasteiger charge is -2.29. The van der Waals surface area contributed by atoms with E-state index in [2.05, 4.69) is 22.4 Å². The zero-order valence-corrected chi connectivity index (χ0v) is 15.5. The van der Waals surface area contributed by atoms with Gasteiger partial charge in [0.25, 0.3) is 11.5 Å². The summed E-state index contributed by atoms with van der Waals surface area (Å²) in [6.45, 7) is 8.24. The molecule has 2 fully saturated rings. The van der Waals surface area contributed by atoms with Gasteiger partial charge in [0.05, 0.1) is 6.04 Å². The summed E-state index contributed by atoms with van der Waals surface area (Å²) in [6.07, 6.45) is 0. The van der Waals surface area contributed by atoms with Gasteiger partial charge in [-0.25, -0.2) is 0 Å². The lowest BCUT2D eigenvalue weighted by Crippen LogP contribution is -2.38. The van der Waals surface area contributed by atoms with Crippen molar-refractivity contribution in [2.75, 3.05) is 19.6 Å². The predicted molar refractivity (Wildman–Crippen MR) is 101 cm³/mol. The van der Waals surface area contributed by atoms with Gasteiger partial charge in [-0.1, -0.05) is 30.3 Å². The molecule has 2 aliphatic rings. The number of nitrogens with zero attached hydrogens (tertiary/aromatic N) is 1. The van der Waals surface area contributed by atoms with Gasteiger partial charge in [0.1, 0.15) is 5.56 Å². The van der Waals surface area contributed by atoms with Gasteiger partial charge in [-0.2, -0.15) is 0 Å². The number of aromatic nitrogens is 1. The Morgan fingerprint density at radius 1 is 1.08 bits per heavy atom. The predicted octanol–water partition coefficient (Wildman–Crippen LogP) is 2.33. The lowest BCUT2D eigenvalue weighted by atomic mass is 9.89. The van der Waals surface area contributed by atoms with Crippen molar-refractivity contribution in [2.24, 2.45) is 11.8 Å². The van der Waals surface area contributed by atoms with E-state index in [1.54, 1.807) is 0 Å². The Kier molecular flexibility index (Phi) is 4.19. The molecular formula is C21H25N3O2. The maximum Gasteiger partial charge on any atom is 0.261 e. The molecule has 5 nitrogen and oxygen atoms in total. The Morgan fingerprint density at radius 2 is 1.81 bits per heavy atom. The van der Waals surface area contributed by atoms with E-state index < -0.39 is 0 Å². The zero-order valence-electron chi connectivity index (χ0n) is 15.5. The van der Waals surface area contributed by atoms with Crippen LogP contribution in [0.1, 0.15) is 38.8 Å². The molecular weight excluding hydrogens is 326 g/mol. The van der Waals surface area contributed by atoms with Crippen LogP contribution in [0.3, 0.4) is 0 Å². The monoisotopic (exact) mass is 351 g/mol. The van der Waals surface area contributed by atoms with Crippen LogP contribution >= 0.6 is 0 Å². The summed E-state index contributed by atoms with van der Waals surface area (Å²) in [5.41, 5.74) is 3.75. The number of pyridine rings is 1. The van der Waals surface area contributed by atoms with E-state index in [0.29, 0.717) is 23.9 Å². The van der Waals surface area contributed by atoms with Crippen LogP contribution in [-0.4, -0.2) is 35.4 Å². The Labute approximate surface area is 153 Å². The molecule has 0 radical (unpaired) electrons. The first-order valence-corrected chi connectivity index (χ1v) is 9.25. The maximum atomic E-state index is 13.5. The number of likely N-dealkylation sites (tertiary alicyclic amines) is 1. The Hall–Kier alpha value is -2.40. The lowest BCUT2D eigenvalue weighted by molar-refractivity contribution is 0.0711. The number of nitrogens with one attached hydrogen (secondary N) is 2. The highest BCUT2D eigenvalue weighted by atomic mass is 16.2. The highest BCUT2D eigenvalue weighted by molar-refractivity contribution is 5.96. The highest BCUT2D eigenvalue weighted by Gasteiger charge is 2.47. The second-order valence-corrected chi connectivity index (χ2v) is 7.60. The van der Waals surface area contributed by atoms with Crippen molar-refractivity contribution in [1.29, 1.82) is 0 Å². The average molecular weight is 351 g/mol. The third-order valence-corrected chi connectivity index (χ3v) is 6.21. The summed E-state index contributed by atoms with van der Waals surface area (Å²) in [4.78, 5) is 30.8. The molecule has 26 heavy (non-hydrogen) atoms. The summed E-state index contributed by atoms with van der Waals surface area (Å²) in [6, 6.07) is 10.2. The number of benzene rings is 1. The molecule has 136 valence electrons. The van der Waals surface area contributed by atoms with Crippen LogP contribution in [0.2, 0.25) is 0 Å². The van der Waals surface area contributed by atoms with Gasteiger partial charge >= 0.3 is 0 Å². The number of aromatic amines is 1. The van der Waals surface area contributed by atoms with E-state index in [1.165, 1.54) is 0 Å². The second kappa shape index (κ2) is 6.40. The fraction of sp³-hybridized carbons (Fsp3) is 0.429. The van der Waals surface area contributed by atoms with Crippen LogP contribution in [0.25, 0.3) is 0 Å². The number of amides is 1. The van der Waals surface area contributed by atoms with Crippen molar-refractivity contribution >= 4 is 5.91 Å². The van der Waals surface area contributed by atoms with Crippen LogP contribution in [0.5, 0.6) is 0 Å². The van der Waals surface area contributed by atoms with Crippen molar-refractivity contribution in [3.05, 3.63) is 68.6 Å². The van der Waals surface area contributed by atoms with Crippen molar-refractivity contribution in [2.45, 2.75) is 26.8 Å². The SMILES string of the molecule is Cc1[nH]c(=O)c(C(=O)N2C[C@@H]3CNC[C@@H]3[C@H]2c2ccccc2)c(C)c1C. The second-order valence-electron chi connectivity index (χ2n) is 7.60. The van der Waals surface area contributed by atoms with Gasteiger partial charge in [-0.15, -0.1) is 0 Å². The van der Waals surface area contributed by atoms with Crippen molar-refractivity contribution in [3.8, 4) is 0 Å². The molecule has 0 saturated carbocycles. The van der Waals surface area contributed by atoms with Crippen LogP contribution in [0.15, 0.2) is 35.1 Å². The van der Waals surface area contributed by atoms with Gasteiger partial charge in [0, 0.05) is 31.2 Å². The summed E-state index contributed by atoms with van der Waals surface area (Å²) in [5.74, 6) is 0.692. The summed E-state index contributed by atoms with van der Waals surface area (Å²) in [5, 5.41) is 3.46. The molecule has 0 aliphatic carbocycles. The van der Waals surface area contributed by atoms with E-state index in [9.17, 15) is 9.59 Å². The largest absolute Gasteiger partial charge is 0.331 e. The Morgan fingerprint density at radius 3 is 2.54 bits per heavy atom. The van der Waals surface area contributed by atoms with E-state index in [1.807, 2.05) is 43.9 Å². The minimum Gasteiger partial charge on any atom is -0.331 e. The van der Waals surface area contributed by atoms with Crippen LogP contribution in [0.4, 0.5) is 0 Å². The van der Waals surface area contributed by atoms with Crippen molar-refractivity contribution < 1.29 is 4.79 Å². The molecule has 2 saturated heterocycles. The topological polar surface area (TPSA) is 65.2 Å². The number of hydrogen-bond donors (Lipinski definition) is 2. The molecule has 3 heterocycles. The van der Waals surface area contributed by atoms with E-state index >= 15 is 0 Å². The molecule has 1 aromatic heterocycles. The summed E-state index contributed by atoms with van der Waals surface area (Å²) >= 11 is 0. The molecule has 4 rings (SSSR count). The maximum absolute atomic E-state index is 13.5. The van der Waals surface area contributed by atoms with Crippen LogP contribution in [0, 0.1) is 32.6 Å². The standard InChI is InChI=1S/C21H25N3O2/c1-12-13(2)18(20(25)23-14(12)3)21(26)24-11-16-9-22-10-17(16)19(24)15-7-5-4-6-8-15/h4-8,16-17,19,22H,9-11H2,1-3H3,(H,23,25)/t16-,17-,19+/m0/s1. The number of fused-ring (bicyclic) bond motifs is 1. The molecule has 0 bridgehead atoms. The summed E-state index contributed by atoms with van der Waals surface area (Å²) in [7, 11) is 0. The number of hydrogen-bond acceptors (Lipinski definition) is 3. The molecule has 2 aliphatic heterocycles. The zero-order chi connectivity index (χ0) is 18.4. The fourth-order valence-electron chi connectivity index (χ4n) is 4.57. The van der Waals surface area contributed by atoms with Crippen LogP contribution < -0.4 is 10.9 Å². The molecule has 0 spiro atoms. The molecule has 0 unspecified atom stereocenters. The number of H-pyrrole nitrogens is 1. The molecule has 1 aromatic carbocycles. The van der Waals surface area contributed by atoms with Gasteiger partial charge in [-0.05, 0) is 43.4 Å². The van der Waals surface area contributed by atoms with Gasteiger partial charge < -0.3 is 15.2 Å². The highest BCUT2D eigenvalue weighted by Crippen LogP contribution is 2.43. The first kappa shape index (κ1) is 17.0. The molecule has 5 heteroatoms. The van der Waals surface area contributed by atoms with Gasteiger partial charge in [-0.3, -0.25) is 9.59 Å². The van der Waals surface area contributed by atoms with E-state index in [-0.39, 0.29) is 17.5 Å². The number of aryl methyl sites for hydroxylation is 1. The number of rotatable bonds is 2. The van der Waals surface area contributed by atoms with Gasteiger partial charge in [0.2, 0.25) is 0 Å². The normalized spacial score (nSPS) is 24.7. The first-order valence-electron chi connectivity index (χ1n) is 9.25. The fourth-order valence-corrected chi connectivity index (χ4v) is 4.57. The minimum absolute atomic E-state index is 0.0177. The van der Waals surface area contributed by atoms with E-state index in [4.69, 9.17) is 0 Å². The Bertz CT molecular complexity index is 903. The smallest absolute Gasteiger partial charge is 0.261 e. The van der Waals surface area contributed by atoms with Gasteiger partial charge in [0.15, 0.2) is 0 Å². The third-order valence-electron chi connectivity index (χ3n) is 6.21. The molecule has 3 atom stereocenters. The Balaban J connectivity index is 1.78. The number of carbonyl (C=O) groups is 1. The molecule has 2 N–H and O–H groups in total. The molecule has 1 amide bonds. The molecule has 2 aromatic rings. The average Bonchev–Trinajstić information content (AvgIpc) is 3.21. The minimum atomic E-state index is -0.280. The third kappa shape index (κ3) is 2.58. The van der Waals surface area contributed by atoms with Crippen molar-refractivity contribution in [3.63, 3.8) is 0 Å². The van der Waals surface area contributed by atoms with Crippen molar-refractivity contribution in [1.82, 2.24) is 15.2 Å². The number of carbonyl (C=O) groups excluding carboxylic acids is 1. The van der Waals surface area contributed by atoms with Crippen LogP contribution in [-0.2, 0) is 0 Å². The summed E-state index contributed by atoms with van der Waals surface area (Å²) < 4.78 is 0. The quantitative estimate of drug-likeness (QED) is 0.873. The van der Waals surface area contributed by atoms with E-state index in [0.717, 1.165) is 35.5 Å².